The van der Waals surface area contributed by atoms with E-state index in [4.69, 9.17) is 5.84 Å². The maximum Gasteiger partial charge on any atom is 0.240 e. The summed E-state index contributed by atoms with van der Waals surface area (Å²) in [6.07, 6.45) is 1.58. The van der Waals surface area contributed by atoms with E-state index in [-0.39, 0.29) is 18.4 Å². The minimum absolute atomic E-state index is 0.0364. The first-order chi connectivity index (χ1) is 13.9. The third-order valence-corrected chi connectivity index (χ3v) is 5.41. The van der Waals surface area contributed by atoms with Gasteiger partial charge in [-0.3, -0.25) is 9.80 Å². The molecule has 0 fully saturated rings. The summed E-state index contributed by atoms with van der Waals surface area (Å²) in [6, 6.07) is 19.3. The molecule has 0 heterocycles. The number of hydrazine groups is 1. The maximum atomic E-state index is 13.1. The van der Waals surface area contributed by atoms with Crippen molar-refractivity contribution in [2.75, 3.05) is 6.61 Å². The maximum absolute atomic E-state index is 13.1. The summed E-state index contributed by atoms with van der Waals surface area (Å²) < 4.78 is 0. The van der Waals surface area contributed by atoms with Gasteiger partial charge >= 0.3 is 0 Å². The summed E-state index contributed by atoms with van der Waals surface area (Å²) >= 11 is 0. The van der Waals surface area contributed by atoms with Gasteiger partial charge in [-0.2, -0.15) is 0 Å². The molecule has 0 bridgehead atoms. The van der Waals surface area contributed by atoms with Gasteiger partial charge in [0.15, 0.2) is 0 Å². The lowest BCUT2D eigenvalue weighted by atomic mass is 9.90. The number of aryl methyl sites for hydroxylation is 1. The summed E-state index contributed by atoms with van der Waals surface area (Å²) in [5.74, 6) is 5.47. The van der Waals surface area contributed by atoms with Gasteiger partial charge in [0, 0.05) is 5.92 Å². The molecular weight excluding hydrogens is 364 g/mol. The van der Waals surface area contributed by atoms with Crippen molar-refractivity contribution in [2.45, 2.75) is 51.7 Å². The van der Waals surface area contributed by atoms with Crippen LogP contribution in [0.3, 0.4) is 0 Å². The molecule has 0 aliphatic rings. The standard InChI is InChI=1S/C24H34N2O3/c1-18(2)23(17-27)26(25)24(29)21(15-20-11-7-4-8-12-20)16-22(28)14-13-19-9-5-3-6-10-19/h3-12,18,21-23,27-28H,13-17,25H2,1-2H3/t21?,22?,23-/m1/s1. The quantitative estimate of drug-likeness (QED) is 0.309. The van der Waals surface area contributed by atoms with E-state index in [1.54, 1.807) is 0 Å². The van der Waals surface area contributed by atoms with Gasteiger partial charge in [-0.1, -0.05) is 74.5 Å². The Kier molecular flexibility index (Phi) is 9.32. The van der Waals surface area contributed by atoms with Gasteiger partial charge in [0.05, 0.1) is 18.8 Å². The minimum atomic E-state index is -0.604. The van der Waals surface area contributed by atoms with Gasteiger partial charge in [-0.15, -0.1) is 0 Å². The highest BCUT2D eigenvalue weighted by Crippen LogP contribution is 2.21. The van der Waals surface area contributed by atoms with E-state index < -0.39 is 18.1 Å². The number of hydrogen-bond donors (Lipinski definition) is 3. The first-order valence-electron chi connectivity index (χ1n) is 10.4. The van der Waals surface area contributed by atoms with Crippen LogP contribution in [0.2, 0.25) is 0 Å². The van der Waals surface area contributed by atoms with Crippen molar-refractivity contribution in [1.29, 1.82) is 0 Å². The van der Waals surface area contributed by atoms with Gasteiger partial charge in [0.25, 0.3) is 0 Å². The summed E-state index contributed by atoms with van der Waals surface area (Å²) in [5.41, 5.74) is 2.19. The molecule has 0 saturated carbocycles. The Hall–Kier alpha value is -2.21. The molecule has 0 aliphatic carbocycles. The lowest BCUT2D eigenvalue weighted by molar-refractivity contribution is -0.141. The van der Waals surface area contributed by atoms with Crippen LogP contribution in [0.1, 0.15) is 37.8 Å². The summed E-state index contributed by atoms with van der Waals surface area (Å²) in [7, 11) is 0. The molecule has 2 aromatic rings. The van der Waals surface area contributed by atoms with Crippen molar-refractivity contribution >= 4 is 5.91 Å². The van der Waals surface area contributed by atoms with E-state index in [0.717, 1.165) is 17.5 Å². The van der Waals surface area contributed by atoms with Crippen LogP contribution in [-0.4, -0.2) is 39.9 Å². The number of aliphatic hydroxyl groups is 2. The second kappa shape index (κ2) is 11.7. The summed E-state index contributed by atoms with van der Waals surface area (Å²) in [5, 5.41) is 21.5. The molecular formula is C24H34N2O3. The monoisotopic (exact) mass is 398 g/mol. The highest BCUT2D eigenvalue weighted by molar-refractivity contribution is 5.79. The van der Waals surface area contributed by atoms with Crippen LogP contribution in [0.4, 0.5) is 0 Å². The third kappa shape index (κ3) is 7.28. The minimum Gasteiger partial charge on any atom is -0.394 e. The van der Waals surface area contributed by atoms with E-state index in [1.807, 2.05) is 74.5 Å². The predicted octanol–water partition coefficient (Wildman–Crippen LogP) is 2.95. The highest BCUT2D eigenvalue weighted by atomic mass is 16.3. The molecule has 4 N–H and O–H groups in total. The Bertz CT molecular complexity index is 721. The van der Waals surface area contributed by atoms with Crippen molar-refractivity contribution in [2.24, 2.45) is 17.7 Å². The van der Waals surface area contributed by atoms with Crippen LogP contribution < -0.4 is 5.84 Å². The van der Waals surface area contributed by atoms with Crippen molar-refractivity contribution in [1.82, 2.24) is 5.01 Å². The zero-order chi connectivity index (χ0) is 21.2. The molecule has 5 nitrogen and oxygen atoms in total. The van der Waals surface area contributed by atoms with Gasteiger partial charge in [0.2, 0.25) is 5.91 Å². The fourth-order valence-electron chi connectivity index (χ4n) is 3.59. The molecule has 0 aromatic heterocycles. The Morgan fingerprint density at radius 1 is 1.00 bits per heavy atom. The lowest BCUT2D eigenvalue weighted by Gasteiger charge is -2.32. The number of rotatable bonds is 11. The van der Waals surface area contributed by atoms with Crippen LogP contribution in [-0.2, 0) is 17.6 Å². The SMILES string of the molecule is CC(C)[C@@H](CO)N(N)C(=O)C(Cc1ccccc1)CC(O)CCc1ccccc1. The zero-order valence-electron chi connectivity index (χ0n) is 17.4. The first kappa shape index (κ1) is 23.1. The van der Waals surface area contributed by atoms with Gasteiger partial charge in [-0.25, -0.2) is 5.84 Å². The molecule has 3 atom stereocenters. The summed E-state index contributed by atoms with van der Waals surface area (Å²) in [4.78, 5) is 13.1. The molecule has 2 rings (SSSR count). The second-order valence-corrected chi connectivity index (χ2v) is 8.04. The molecule has 2 unspecified atom stereocenters. The number of carbonyl (C=O) groups is 1. The third-order valence-electron chi connectivity index (χ3n) is 5.41. The molecule has 5 heteroatoms. The number of nitrogens with two attached hydrogens (primary N) is 1. The zero-order valence-corrected chi connectivity index (χ0v) is 17.4. The van der Waals surface area contributed by atoms with Crippen LogP contribution in [0, 0.1) is 11.8 Å². The Morgan fingerprint density at radius 2 is 1.55 bits per heavy atom. The van der Waals surface area contributed by atoms with E-state index in [0.29, 0.717) is 19.3 Å². The molecule has 0 spiro atoms. The van der Waals surface area contributed by atoms with E-state index in [2.05, 4.69) is 0 Å². The van der Waals surface area contributed by atoms with E-state index in [9.17, 15) is 15.0 Å². The lowest BCUT2D eigenvalue weighted by Crippen LogP contribution is -2.52. The van der Waals surface area contributed by atoms with Gasteiger partial charge < -0.3 is 10.2 Å². The average molecular weight is 399 g/mol. The van der Waals surface area contributed by atoms with Crippen molar-refractivity contribution in [3.63, 3.8) is 0 Å². The molecule has 0 radical (unpaired) electrons. The number of amides is 1. The molecule has 1 amide bonds. The van der Waals surface area contributed by atoms with Crippen LogP contribution in [0.25, 0.3) is 0 Å². The molecule has 0 aliphatic heterocycles. The molecule has 0 saturated heterocycles. The molecule has 29 heavy (non-hydrogen) atoms. The largest absolute Gasteiger partial charge is 0.394 e. The van der Waals surface area contributed by atoms with E-state index in [1.165, 1.54) is 5.01 Å². The smallest absolute Gasteiger partial charge is 0.240 e. The van der Waals surface area contributed by atoms with E-state index >= 15 is 0 Å². The number of benzene rings is 2. The van der Waals surface area contributed by atoms with Gasteiger partial charge in [0.1, 0.15) is 0 Å². The Morgan fingerprint density at radius 3 is 2.07 bits per heavy atom. The Labute approximate surface area is 174 Å². The van der Waals surface area contributed by atoms with Crippen LogP contribution >= 0.6 is 0 Å². The fourth-order valence-corrected chi connectivity index (χ4v) is 3.59. The molecule has 2 aromatic carbocycles. The number of carbonyl (C=O) groups excluding carboxylic acids is 1. The number of aliphatic hydroxyl groups excluding tert-OH is 2. The molecule has 158 valence electrons. The van der Waals surface area contributed by atoms with Gasteiger partial charge in [-0.05, 0) is 42.7 Å². The fraction of sp³-hybridized carbons (Fsp3) is 0.458. The van der Waals surface area contributed by atoms with Crippen molar-refractivity contribution in [3.05, 3.63) is 71.8 Å². The second-order valence-electron chi connectivity index (χ2n) is 8.04. The van der Waals surface area contributed by atoms with Crippen molar-refractivity contribution < 1.29 is 15.0 Å². The summed E-state index contributed by atoms with van der Waals surface area (Å²) in [6.45, 7) is 3.67. The number of nitrogens with zero attached hydrogens (tertiary/aromatic N) is 1. The number of hydrogen-bond acceptors (Lipinski definition) is 4. The van der Waals surface area contributed by atoms with Crippen LogP contribution in [0.15, 0.2) is 60.7 Å². The topological polar surface area (TPSA) is 86.8 Å². The van der Waals surface area contributed by atoms with Crippen molar-refractivity contribution in [3.8, 4) is 0 Å². The van der Waals surface area contributed by atoms with Crippen LogP contribution in [0.5, 0.6) is 0 Å². The predicted molar refractivity (Wildman–Crippen MR) is 116 cm³/mol. The normalized spacial score (nSPS) is 14.4. The highest BCUT2D eigenvalue weighted by Gasteiger charge is 2.30. The average Bonchev–Trinajstić information content (AvgIpc) is 2.73. The first-order valence-corrected chi connectivity index (χ1v) is 10.4. The Balaban J connectivity index is 2.08.